The summed E-state index contributed by atoms with van der Waals surface area (Å²) in [6.07, 6.45) is 7.81. The summed E-state index contributed by atoms with van der Waals surface area (Å²) in [6.45, 7) is 2.64. The van der Waals surface area contributed by atoms with Crippen molar-refractivity contribution in [3.05, 3.63) is 54.4 Å². The molecule has 2 saturated heterocycles. The summed E-state index contributed by atoms with van der Waals surface area (Å²) < 4.78 is 1.75. The molecule has 154 valence electrons. The van der Waals surface area contributed by atoms with Gasteiger partial charge in [0.1, 0.15) is 5.54 Å². The molecule has 4 rings (SSSR count). The first-order chi connectivity index (χ1) is 14.2. The molecule has 2 N–H and O–H groups in total. The molecule has 0 radical (unpaired) electrons. The number of hydrogen-bond donors (Lipinski definition) is 2. The van der Waals surface area contributed by atoms with E-state index in [9.17, 15) is 9.59 Å². The largest absolute Gasteiger partial charge is 0.325 e. The third-order valence-corrected chi connectivity index (χ3v) is 6.23. The summed E-state index contributed by atoms with van der Waals surface area (Å²) in [5.74, 6) is 0.111. The number of aryl methyl sites for hydroxylation is 1. The average molecular weight is 396 g/mol. The Kier molecular flexibility index (Phi) is 5.94. The molecule has 7 heteroatoms. The molecule has 2 aromatic rings. The SMILES string of the molecule is O=C1N[C@](CCCc2ccccc2)(C2CCNCC2)C(=O)N1CCn1cccn1. The van der Waals surface area contributed by atoms with Gasteiger partial charge in [0.15, 0.2) is 0 Å². The first-order valence-corrected chi connectivity index (χ1v) is 10.6. The van der Waals surface area contributed by atoms with E-state index in [0.717, 1.165) is 38.8 Å². The molecular formula is C22H29N5O2. The minimum Gasteiger partial charge on any atom is -0.323 e. The van der Waals surface area contributed by atoms with Gasteiger partial charge in [0, 0.05) is 12.4 Å². The van der Waals surface area contributed by atoms with E-state index >= 15 is 0 Å². The molecule has 0 spiro atoms. The Hall–Kier alpha value is -2.67. The standard InChI is InChI=1S/C22H29N5O2/c28-20-22(19-9-13-23-14-10-19,11-4-8-18-6-2-1-3-7-18)25-21(29)27(20)17-16-26-15-5-12-24-26/h1-3,5-7,12,15,19,23H,4,8-11,13-14,16-17H2,(H,25,29)/t22-/m1/s1. The van der Waals surface area contributed by atoms with Gasteiger partial charge < -0.3 is 10.6 Å². The number of imide groups is 1. The topological polar surface area (TPSA) is 79.3 Å². The van der Waals surface area contributed by atoms with Crippen LogP contribution in [0.4, 0.5) is 4.79 Å². The summed E-state index contributed by atoms with van der Waals surface area (Å²) in [7, 11) is 0. The van der Waals surface area contributed by atoms with Crippen molar-refractivity contribution in [1.82, 2.24) is 25.3 Å². The van der Waals surface area contributed by atoms with Gasteiger partial charge in [0.05, 0.1) is 13.1 Å². The van der Waals surface area contributed by atoms with Crippen molar-refractivity contribution in [2.24, 2.45) is 5.92 Å². The second-order valence-electron chi connectivity index (χ2n) is 7.99. The molecular weight excluding hydrogens is 366 g/mol. The highest BCUT2D eigenvalue weighted by atomic mass is 16.2. The second kappa shape index (κ2) is 8.78. The van der Waals surface area contributed by atoms with Crippen molar-refractivity contribution < 1.29 is 9.59 Å². The Morgan fingerprint density at radius 3 is 2.59 bits per heavy atom. The third-order valence-electron chi connectivity index (χ3n) is 6.23. The van der Waals surface area contributed by atoms with Gasteiger partial charge in [-0.2, -0.15) is 5.10 Å². The van der Waals surface area contributed by atoms with Gasteiger partial charge in [-0.15, -0.1) is 0 Å². The van der Waals surface area contributed by atoms with Crippen LogP contribution >= 0.6 is 0 Å². The van der Waals surface area contributed by atoms with Gasteiger partial charge in [-0.25, -0.2) is 4.79 Å². The number of aromatic nitrogens is 2. The number of nitrogens with zero attached hydrogens (tertiary/aromatic N) is 3. The third kappa shape index (κ3) is 4.19. The summed E-state index contributed by atoms with van der Waals surface area (Å²) >= 11 is 0. The van der Waals surface area contributed by atoms with Gasteiger partial charge in [0.25, 0.3) is 5.91 Å². The Labute approximate surface area is 171 Å². The van der Waals surface area contributed by atoms with Crippen LogP contribution in [0.5, 0.6) is 0 Å². The lowest BCUT2D eigenvalue weighted by atomic mass is 9.74. The summed E-state index contributed by atoms with van der Waals surface area (Å²) in [4.78, 5) is 27.7. The minimum atomic E-state index is -0.780. The van der Waals surface area contributed by atoms with Crippen LogP contribution in [0, 0.1) is 5.92 Å². The first-order valence-electron chi connectivity index (χ1n) is 10.6. The number of urea groups is 1. The molecule has 1 aromatic heterocycles. The Bertz CT molecular complexity index is 817. The fraction of sp³-hybridized carbons (Fsp3) is 0.500. The van der Waals surface area contributed by atoms with Crippen molar-refractivity contribution >= 4 is 11.9 Å². The number of carbonyl (C=O) groups excluding carboxylic acids is 2. The molecule has 1 atom stereocenters. The predicted octanol–water partition coefficient (Wildman–Crippen LogP) is 2.20. The number of rotatable bonds is 8. The summed E-state index contributed by atoms with van der Waals surface area (Å²) in [6, 6.07) is 11.9. The second-order valence-corrected chi connectivity index (χ2v) is 7.99. The molecule has 7 nitrogen and oxygen atoms in total. The number of carbonyl (C=O) groups is 2. The monoisotopic (exact) mass is 395 g/mol. The molecule has 0 saturated carbocycles. The van der Waals surface area contributed by atoms with Gasteiger partial charge in [-0.1, -0.05) is 30.3 Å². The van der Waals surface area contributed by atoms with Gasteiger partial charge in [-0.3, -0.25) is 14.4 Å². The highest BCUT2D eigenvalue weighted by Crippen LogP contribution is 2.36. The van der Waals surface area contributed by atoms with Crippen LogP contribution in [0.2, 0.25) is 0 Å². The van der Waals surface area contributed by atoms with Crippen molar-refractivity contribution in [2.45, 2.75) is 44.2 Å². The number of nitrogens with one attached hydrogen (secondary N) is 2. The Morgan fingerprint density at radius 1 is 1.07 bits per heavy atom. The fourth-order valence-corrected chi connectivity index (χ4v) is 4.66. The maximum Gasteiger partial charge on any atom is 0.325 e. The highest BCUT2D eigenvalue weighted by molar-refractivity contribution is 6.07. The van der Waals surface area contributed by atoms with Crippen LogP contribution in [-0.4, -0.2) is 51.8 Å². The van der Waals surface area contributed by atoms with Crippen molar-refractivity contribution in [3.63, 3.8) is 0 Å². The molecule has 0 unspecified atom stereocenters. The van der Waals surface area contributed by atoms with E-state index in [1.807, 2.05) is 30.5 Å². The van der Waals surface area contributed by atoms with E-state index in [2.05, 4.69) is 27.9 Å². The molecule has 2 aliphatic rings. The van der Waals surface area contributed by atoms with E-state index in [0.29, 0.717) is 19.5 Å². The highest BCUT2D eigenvalue weighted by Gasteiger charge is 2.54. The first kappa shape index (κ1) is 19.6. The number of amides is 3. The molecule has 2 fully saturated rings. The van der Waals surface area contributed by atoms with Crippen molar-refractivity contribution in [1.29, 1.82) is 0 Å². The van der Waals surface area contributed by atoms with Crippen LogP contribution < -0.4 is 10.6 Å². The molecule has 29 heavy (non-hydrogen) atoms. The molecule has 2 aliphatic heterocycles. The summed E-state index contributed by atoms with van der Waals surface area (Å²) in [5, 5.41) is 10.7. The fourth-order valence-electron chi connectivity index (χ4n) is 4.66. The normalized spacial score (nSPS) is 22.8. The minimum absolute atomic E-state index is 0.0605. The van der Waals surface area contributed by atoms with E-state index < -0.39 is 5.54 Å². The number of hydrogen-bond acceptors (Lipinski definition) is 4. The van der Waals surface area contributed by atoms with E-state index in [1.165, 1.54) is 10.5 Å². The predicted molar refractivity (Wildman–Crippen MR) is 110 cm³/mol. The van der Waals surface area contributed by atoms with Gasteiger partial charge in [-0.05, 0) is 62.7 Å². The lowest BCUT2D eigenvalue weighted by Crippen LogP contribution is -2.56. The van der Waals surface area contributed by atoms with Crippen molar-refractivity contribution in [3.8, 4) is 0 Å². The van der Waals surface area contributed by atoms with Gasteiger partial charge >= 0.3 is 6.03 Å². The number of benzene rings is 1. The quantitative estimate of drug-likeness (QED) is 0.672. The molecule has 0 bridgehead atoms. The zero-order valence-corrected chi connectivity index (χ0v) is 16.7. The smallest absolute Gasteiger partial charge is 0.323 e. The molecule has 3 heterocycles. The van der Waals surface area contributed by atoms with Crippen LogP contribution in [0.15, 0.2) is 48.8 Å². The maximum atomic E-state index is 13.5. The maximum absolute atomic E-state index is 13.5. The lowest BCUT2D eigenvalue weighted by molar-refractivity contribution is -0.134. The van der Waals surface area contributed by atoms with Crippen LogP contribution in [0.1, 0.15) is 31.2 Å². The summed E-state index contributed by atoms with van der Waals surface area (Å²) in [5.41, 5.74) is 0.484. The van der Waals surface area contributed by atoms with Crippen molar-refractivity contribution in [2.75, 3.05) is 19.6 Å². The molecule has 0 aliphatic carbocycles. The zero-order valence-electron chi connectivity index (χ0n) is 16.7. The van der Waals surface area contributed by atoms with E-state index in [-0.39, 0.29) is 17.9 Å². The van der Waals surface area contributed by atoms with E-state index in [1.54, 1.807) is 10.9 Å². The van der Waals surface area contributed by atoms with E-state index in [4.69, 9.17) is 0 Å². The van der Waals surface area contributed by atoms with Gasteiger partial charge in [0.2, 0.25) is 0 Å². The van der Waals surface area contributed by atoms with Crippen LogP contribution in [0.25, 0.3) is 0 Å². The van der Waals surface area contributed by atoms with Crippen LogP contribution in [-0.2, 0) is 17.8 Å². The van der Waals surface area contributed by atoms with Crippen LogP contribution in [0.3, 0.4) is 0 Å². The molecule has 1 aromatic carbocycles. The Balaban J connectivity index is 1.48. The number of piperidine rings is 1. The lowest BCUT2D eigenvalue weighted by Gasteiger charge is -2.38. The Morgan fingerprint density at radius 2 is 1.86 bits per heavy atom. The molecule has 3 amide bonds. The average Bonchev–Trinajstić information content (AvgIpc) is 3.35. The zero-order chi connectivity index (χ0) is 20.1.